The summed E-state index contributed by atoms with van der Waals surface area (Å²) < 4.78 is 0. The van der Waals surface area contributed by atoms with Crippen molar-refractivity contribution >= 4 is 17.6 Å². The van der Waals surface area contributed by atoms with Crippen molar-refractivity contribution in [1.82, 2.24) is 0 Å². The van der Waals surface area contributed by atoms with Gasteiger partial charge in [0, 0.05) is 16.6 Å². The summed E-state index contributed by atoms with van der Waals surface area (Å²) in [4.78, 5) is 10.5. The van der Waals surface area contributed by atoms with Gasteiger partial charge in [0.25, 0.3) is 0 Å². The van der Waals surface area contributed by atoms with E-state index in [0.29, 0.717) is 10.6 Å². The molecule has 0 aliphatic rings. The zero-order valence-corrected chi connectivity index (χ0v) is 8.95. The molecule has 1 atom stereocenters. The van der Waals surface area contributed by atoms with E-state index in [4.69, 9.17) is 22.4 Å². The molecule has 82 valence electrons. The SMILES string of the molecule is Cc1cc(O)c(C(N)CC(=O)O)cc1Cl. The van der Waals surface area contributed by atoms with Gasteiger partial charge in [-0.2, -0.15) is 0 Å². The first-order chi connectivity index (χ1) is 6.91. The molecule has 0 bridgehead atoms. The van der Waals surface area contributed by atoms with E-state index >= 15 is 0 Å². The minimum absolute atomic E-state index is 0.0225. The first-order valence-electron chi connectivity index (χ1n) is 4.38. The van der Waals surface area contributed by atoms with Crippen molar-refractivity contribution in [3.8, 4) is 5.75 Å². The number of aromatic hydroxyl groups is 1. The molecule has 4 nitrogen and oxygen atoms in total. The van der Waals surface area contributed by atoms with Crippen molar-refractivity contribution < 1.29 is 15.0 Å². The topological polar surface area (TPSA) is 83.5 Å². The summed E-state index contributed by atoms with van der Waals surface area (Å²) in [6.07, 6.45) is -0.243. The lowest BCUT2D eigenvalue weighted by molar-refractivity contribution is -0.137. The highest BCUT2D eigenvalue weighted by Crippen LogP contribution is 2.30. The number of carboxylic acid groups (broad SMARTS) is 1. The number of aliphatic carboxylic acids is 1. The lowest BCUT2D eigenvalue weighted by atomic mass is 10.0. The van der Waals surface area contributed by atoms with Crippen LogP contribution in [0, 0.1) is 6.92 Å². The number of halogens is 1. The molecule has 0 radical (unpaired) electrons. The second-order valence-electron chi connectivity index (χ2n) is 3.36. The third-order valence-electron chi connectivity index (χ3n) is 2.10. The summed E-state index contributed by atoms with van der Waals surface area (Å²) in [6, 6.07) is 2.22. The van der Waals surface area contributed by atoms with Crippen molar-refractivity contribution in [2.75, 3.05) is 0 Å². The van der Waals surface area contributed by atoms with Crippen molar-refractivity contribution in [1.29, 1.82) is 0 Å². The first kappa shape index (κ1) is 11.8. The van der Waals surface area contributed by atoms with E-state index in [1.54, 1.807) is 6.92 Å². The molecule has 1 aromatic rings. The summed E-state index contributed by atoms with van der Waals surface area (Å²) in [5.41, 5.74) is 6.69. The Labute approximate surface area is 92.3 Å². The minimum atomic E-state index is -1.02. The van der Waals surface area contributed by atoms with Crippen LogP contribution >= 0.6 is 11.6 Å². The molecule has 1 rings (SSSR count). The van der Waals surface area contributed by atoms with E-state index in [-0.39, 0.29) is 12.2 Å². The molecular weight excluding hydrogens is 218 g/mol. The lowest BCUT2D eigenvalue weighted by Crippen LogP contribution is -2.15. The second-order valence-corrected chi connectivity index (χ2v) is 3.77. The molecule has 0 spiro atoms. The Kier molecular flexibility index (Phi) is 3.55. The molecular formula is C10H12ClNO3. The van der Waals surface area contributed by atoms with Crippen LogP contribution in [-0.4, -0.2) is 16.2 Å². The van der Waals surface area contributed by atoms with Gasteiger partial charge in [0.2, 0.25) is 0 Å². The van der Waals surface area contributed by atoms with Crippen LogP contribution in [0.3, 0.4) is 0 Å². The Hall–Kier alpha value is -1.26. The van der Waals surface area contributed by atoms with E-state index in [0.717, 1.165) is 5.56 Å². The molecule has 0 aromatic heterocycles. The fourth-order valence-electron chi connectivity index (χ4n) is 1.28. The van der Waals surface area contributed by atoms with Crippen molar-refractivity contribution in [3.63, 3.8) is 0 Å². The van der Waals surface area contributed by atoms with Crippen LogP contribution in [0.5, 0.6) is 5.75 Å². The normalized spacial score (nSPS) is 12.5. The van der Waals surface area contributed by atoms with E-state index in [2.05, 4.69) is 0 Å². The molecule has 0 heterocycles. The van der Waals surface area contributed by atoms with E-state index in [1.165, 1.54) is 12.1 Å². The Morgan fingerprint density at radius 1 is 1.60 bits per heavy atom. The van der Waals surface area contributed by atoms with Crippen LogP contribution in [0.4, 0.5) is 0 Å². The number of aryl methyl sites for hydroxylation is 1. The van der Waals surface area contributed by atoms with Gasteiger partial charge in [-0.05, 0) is 24.6 Å². The summed E-state index contributed by atoms with van der Waals surface area (Å²) >= 11 is 5.85. The van der Waals surface area contributed by atoms with Crippen LogP contribution in [0.2, 0.25) is 5.02 Å². The molecule has 4 N–H and O–H groups in total. The Morgan fingerprint density at radius 2 is 2.20 bits per heavy atom. The fraction of sp³-hybridized carbons (Fsp3) is 0.300. The summed E-state index contributed by atoms with van der Waals surface area (Å²) in [5, 5.41) is 18.6. The molecule has 0 saturated carbocycles. The number of hydrogen-bond donors (Lipinski definition) is 3. The predicted octanol–water partition coefficient (Wildman–Crippen LogP) is 1.83. The Morgan fingerprint density at radius 3 is 2.73 bits per heavy atom. The van der Waals surface area contributed by atoms with Crippen molar-refractivity contribution in [3.05, 3.63) is 28.3 Å². The predicted molar refractivity (Wildman–Crippen MR) is 57.0 cm³/mol. The average molecular weight is 230 g/mol. The molecule has 1 aromatic carbocycles. The van der Waals surface area contributed by atoms with Crippen molar-refractivity contribution in [2.24, 2.45) is 5.73 Å². The number of benzene rings is 1. The second kappa shape index (κ2) is 4.51. The van der Waals surface area contributed by atoms with Crippen LogP contribution in [-0.2, 0) is 4.79 Å². The number of hydrogen-bond acceptors (Lipinski definition) is 3. The van der Waals surface area contributed by atoms with Gasteiger partial charge in [0.1, 0.15) is 5.75 Å². The van der Waals surface area contributed by atoms with Crippen LogP contribution in [0.15, 0.2) is 12.1 Å². The van der Waals surface area contributed by atoms with Crippen LogP contribution in [0.1, 0.15) is 23.6 Å². The van der Waals surface area contributed by atoms with E-state index in [9.17, 15) is 9.90 Å². The molecule has 5 heteroatoms. The monoisotopic (exact) mass is 229 g/mol. The highest BCUT2D eigenvalue weighted by molar-refractivity contribution is 6.31. The maximum absolute atomic E-state index is 10.5. The van der Waals surface area contributed by atoms with Gasteiger partial charge in [-0.15, -0.1) is 0 Å². The average Bonchev–Trinajstić information content (AvgIpc) is 2.09. The van der Waals surface area contributed by atoms with Gasteiger partial charge in [0.05, 0.1) is 6.42 Å². The van der Waals surface area contributed by atoms with Crippen molar-refractivity contribution in [2.45, 2.75) is 19.4 Å². The maximum Gasteiger partial charge on any atom is 0.305 e. The van der Waals surface area contributed by atoms with E-state index < -0.39 is 12.0 Å². The number of rotatable bonds is 3. The van der Waals surface area contributed by atoms with Gasteiger partial charge >= 0.3 is 5.97 Å². The third-order valence-corrected chi connectivity index (χ3v) is 2.51. The third kappa shape index (κ3) is 2.84. The standard InChI is InChI=1S/C10H12ClNO3/c1-5-2-9(13)6(3-7(5)11)8(12)4-10(14)15/h2-3,8,13H,4,12H2,1H3,(H,14,15). The molecule has 0 fully saturated rings. The summed E-state index contributed by atoms with van der Waals surface area (Å²) in [7, 11) is 0. The van der Waals surface area contributed by atoms with Gasteiger partial charge in [0.15, 0.2) is 0 Å². The summed E-state index contributed by atoms with van der Waals surface area (Å²) in [5.74, 6) is -1.04. The molecule has 15 heavy (non-hydrogen) atoms. The number of phenolic OH excluding ortho intramolecular Hbond substituents is 1. The minimum Gasteiger partial charge on any atom is -0.508 e. The Bertz CT molecular complexity index is 392. The summed E-state index contributed by atoms with van der Waals surface area (Å²) in [6.45, 7) is 1.74. The number of carboxylic acids is 1. The first-order valence-corrected chi connectivity index (χ1v) is 4.76. The van der Waals surface area contributed by atoms with Gasteiger partial charge < -0.3 is 15.9 Å². The molecule has 1 unspecified atom stereocenters. The number of phenols is 1. The van der Waals surface area contributed by atoms with Gasteiger partial charge in [-0.1, -0.05) is 11.6 Å². The molecule has 0 aliphatic carbocycles. The maximum atomic E-state index is 10.5. The number of nitrogens with two attached hydrogens (primary N) is 1. The number of carbonyl (C=O) groups is 1. The molecule has 0 saturated heterocycles. The smallest absolute Gasteiger partial charge is 0.305 e. The zero-order chi connectivity index (χ0) is 11.6. The lowest BCUT2D eigenvalue weighted by Gasteiger charge is -2.12. The molecule has 0 aliphatic heterocycles. The highest BCUT2D eigenvalue weighted by atomic mass is 35.5. The van der Waals surface area contributed by atoms with Gasteiger partial charge in [-0.3, -0.25) is 4.79 Å². The Balaban J connectivity index is 3.03. The van der Waals surface area contributed by atoms with Crippen LogP contribution < -0.4 is 5.73 Å². The highest BCUT2D eigenvalue weighted by Gasteiger charge is 2.15. The largest absolute Gasteiger partial charge is 0.508 e. The fourth-order valence-corrected chi connectivity index (χ4v) is 1.45. The molecule has 0 amide bonds. The quantitative estimate of drug-likeness (QED) is 0.738. The zero-order valence-electron chi connectivity index (χ0n) is 8.20. The van der Waals surface area contributed by atoms with Gasteiger partial charge in [-0.25, -0.2) is 0 Å². The van der Waals surface area contributed by atoms with Crippen LogP contribution in [0.25, 0.3) is 0 Å². The van der Waals surface area contributed by atoms with E-state index in [1.807, 2.05) is 0 Å².